The van der Waals surface area contributed by atoms with Crippen molar-refractivity contribution in [2.45, 2.75) is 18.9 Å². The summed E-state index contributed by atoms with van der Waals surface area (Å²) in [7, 11) is 0. The van der Waals surface area contributed by atoms with Crippen LogP contribution < -0.4 is 4.90 Å². The second-order valence-corrected chi connectivity index (χ2v) is 5.76. The highest BCUT2D eigenvalue weighted by Gasteiger charge is 2.23. The maximum atomic E-state index is 9.70. The van der Waals surface area contributed by atoms with E-state index in [1.165, 1.54) is 0 Å². The van der Waals surface area contributed by atoms with Gasteiger partial charge in [-0.1, -0.05) is 5.16 Å². The van der Waals surface area contributed by atoms with Crippen molar-refractivity contribution < 1.29 is 9.63 Å². The molecule has 4 rings (SSSR count). The molecule has 0 aliphatic carbocycles. The minimum atomic E-state index is -0.228. The van der Waals surface area contributed by atoms with Gasteiger partial charge in [0.1, 0.15) is 5.82 Å². The maximum Gasteiger partial charge on any atom is 0.262 e. The molecule has 0 amide bonds. The van der Waals surface area contributed by atoms with Crippen LogP contribution in [-0.4, -0.2) is 44.4 Å². The van der Waals surface area contributed by atoms with Crippen LogP contribution in [0.1, 0.15) is 12.8 Å². The molecule has 1 aliphatic heterocycles. The molecular formula is C17H17N5O2. The minimum Gasteiger partial charge on any atom is -0.393 e. The molecule has 1 N–H and O–H groups in total. The summed E-state index contributed by atoms with van der Waals surface area (Å²) in [6.45, 7) is 1.52. The van der Waals surface area contributed by atoms with Gasteiger partial charge < -0.3 is 14.5 Å². The Kier molecular flexibility index (Phi) is 3.92. The number of aliphatic hydroxyl groups is 1. The van der Waals surface area contributed by atoms with Gasteiger partial charge in [-0.05, 0) is 37.1 Å². The molecule has 7 nitrogen and oxygen atoms in total. The SMILES string of the molecule is OC1CCN(c2ncccc2-c2nc(-c3cccnc3)no2)CC1. The number of rotatable bonds is 3. The van der Waals surface area contributed by atoms with Gasteiger partial charge in [0, 0.05) is 37.2 Å². The van der Waals surface area contributed by atoms with Crippen LogP contribution >= 0.6 is 0 Å². The van der Waals surface area contributed by atoms with E-state index in [1.807, 2.05) is 24.3 Å². The number of piperidine rings is 1. The molecule has 1 aliphatic rings. The number of nitrogens with zero attached hydrogens (tertiary/aromatic N) is 5. The Morgan fingerprint density at radius 3 is 2.75 bits per heavy atom. The normalized spacial score (nSPS) is 15.6. The molecule has 3 aromatic rings. The van der Waals surface area contributed by atoms with Crippen LogP contribution in [0.3, 0.4) is 0 Å². The lowest BCUT2D eigenvalue weighted by molar-refractivity contribution is 0.145. The van der Waals surface area contributed by atoms with Crippen molar-refractivity contribution in [1.82, 2.24) is 20.1 Å². The number of hydrogen-bond acceptors (Lipinski definition) is 7. The number of anilines is 1. The number of pyridine rings is 2. The van der Waals surface area contributed by atoms with E-state index in [4.69, 9.17) is 4.52 Å². The molecule has 1 fully saturated rings. The van der Waals surface area contributed by atoms with Gasteiger partial charge in [-0.3, -0.25) is 4.98 Å². The third kappa shape index (κ3) is 2.85. The average Bonchev–Trinajstić information content (AvgIpc) is 3.13. The Bertz CT molecular complexity index is 813. The summed E-state index contributed by atoms with van der Waals surface area (Å²) in [5.74, 6) is 1.75. The van der Waals surface area contributed by atoms with E-state index in [9.17, 15) is 5.11 Å². The molecule has 0 bridgehead atoms. The fourth-order valence-electron chi connectivity index (χ4n) is 2.84. The topological polar surface area (TPSA) is 88.2 Å². The Morgan fingerprint density at radius 1 is 1.12 bits per heavy atom. The van der Waals surface area contributed by atoms with E-state index >= 15 is 0 Å². The molecule has 24 heavy (non-hydrogen) atoms. The van der Waals surface area contributed by atoms with Crippen LogP contribution in [0.2, 0.25) is 0 Å². The van der Waals surface area contributed by atoms with E-state index in [1.54, 1.807) is 18.6 Å². The third-order valence-electron chi connectivity index (χ3n) is 4.13. The van der Waals surface area contributed by atoms with Crippen molar-refractivity contribution in [3.05, 3.63) is 42.9 Å². The zero-order valence-corrected chi connectivity index (χ0v) is 13.0. The van der Waals surface area contributed by atoms with Crippen LogP contribution in [0.25, 0.3) is 22.8 Å². The van der Waals surface area contributed by atoms with Crippen molar-refractivity contribution in [3.8, 4) is 22.8 Å². The highest BCUT2D eigenvalue weighted by molar-refractivity contribution is 5.71. The van der Waals surface area contributed by atoms with E-state index in [0.29, 0.717) is 11.7 Å². The predicted octanol–water partition coefficient (Wildman–Crippen LogP) is 2.15. The van der Waals surface area contributed by atoms with E-state index < -0.39 is 0 Å². The molecule has 7 heteroatoms. The minimum absolute atomic E-state index is 0.228. The third-order valence-corrected chi connectivity index (χ3v) is 4.13. The number of aromatic nitrogens is 4. The molecule has 122 valence electrons. The molecule has 3 aromatic heterocycles. The first kappa shape index (κ1) is 14.8. The van der Waals surface area contributed by atoms with Crippen molar-refractivity contribution in [2.24, 2.45) is 0 Å². The summed E-state index contributed by atoms with van der Waals surface area (Å²) < 4.78 is 5.45. The first-order valence-electron chi connectivity index (χ1n) is 7.94. The van der Waals surface area contributed by atoms with Gasteiger partial charge in [0.05, 0.1) is 11.7 Å². The number of hydrogen-bond donors (Lipinski definition) is 1. The monoisotopic (exact) mass is 323 g/mol. The van der Waals surface area contributed by atoms with Crippen LogP contribution in [0, 0.1) is 0 Å². The first-order chi connectivity index (χ1) is 11.8. The van der Waals surface area contributed by atoms with Crippen molar-refractivity contribution >= 4 is 5.82 Å². The van der Waals surface area contributed by atoms with Crippen molar-refractivity contribution in [1.29, 1.82) is 0 Å². The molecule has 0 aromatic carbocycles. The largest absolute Gasteiger partial charge is 0.393 e. The van der Waals surface area contributed by atoms with Crippen molar-refractivity contribution in [3.63, 3.8) is 0 Å². The Labute approximate surface area is 139 Å². The number of aliphatic hydroxyl groups excluding tert-OH is 1. The maximum absolute atomic E-state index is 9.70. The Hall–Kier alpha value is -2.80. The lowest BCUT2D eigenvalue weighted by Gasteiger charge is -2.31. The van der Waals surface area contributed by atoms with Gasteiger partial charge in [0.15, 0.2) is 0 Å². The molecule has 0 radical (unpaired) electrons. The van der Waals surface area contributed by atoms with E-state index in [2.05, 4.69) is 25.0 Å². The quantitative estimate of drug-likeness (QED) is 0.790. The van der Waals surface area contributed by atoms with Gasteiger partial charge in [-0.25, -0.2) is 4.98 Å². The van der Waals surface area contributed by atoms with Gasteiger partial charge in [-0.2, -0.15) is 4.98 Å². The lowest BCUT2D eigenvalue weighted by atomic mass is 10.1. The second-order valence-electron chi connectivity index (χ2n) is 5.76. The molecule has 0 saturated carbocycles. The summed E-state index contributed by atoms with van der Waals surface area (Å²) in [6, 6.07) is 7.50. The van der Waals surface area contributed by atoms with Gasteiger partial charge in [-0.15, -0.1) is 0 Å². The van der Waals surface area contributed by atoms with Crippen LogP contribution in [0.4, 0.5) is 5.82 Å². The highest BCUT2D eigenvalue weighted by atomic mass is 16.5. The Morgan fingerprint density at radius 2 is 1.96 bits per heavy atom. The fraction of sp³-hybridized carbons (Fsp3) is 0.294. The van der Waals surface area contributed by atoms with E-state index in [-0.39, 0.29) is 6.10 Å². The smallest absolute Gasteiger partial charge is 0.262 e. The first-order valence-corrected chi connectivity index (χ1v) is 7.94. The zero-order valence-electron chi connectivity index (χ0n) is 13.0. The van der Waals surface area contributed by atoms with E-state index in [0.717, 1.165) is 42.9 Å². The second kappa shape index (κ2) is 6.37. The molecule has 1 saturated heterocycles. The van der Waals surface area contributed by atoms with Crippen molar-refractivity contribution in [2.75, 3.05) is 18.0 Å². The summed E-state index contributed by atoms with van der Waals surface area (Å²) in [5.41, 5.74) is 1.61. The molecule has 4 heterocycles. The molecule has 0 unspecified atom stereocenters. The van der Waals surface area contributed by atoms with Gasteiger partial charge in [0.25, 0.3) is 5.89 Å². The standard InChI is InChI=1S/C17H17N5O2/c23-13-5-9-22(10-6-13)16-14(4-2-8-19-16)17-20-15(21-24-17)12-3-1-7-18-11-12/h1-4,7-8,11,13,23H,5-6,9-10H2. The van der Waals surface area contributed by atoms with Crippen LogP contribution in [0.5, 0.6) is 0 Å². The summed E-state index contributed by atoms with van der Waals surface area (Å²) in [4.78, 5) is 15.2. The van der Waals surface area contributed by atoms with Gasteiger partial charge in [0.2, 0.25) is 5.82 Å². The average molecular weight is 323 g/mol. The lowest BCUT2D eigenvalue weighted by Crippen LogP contribution is -2.36. The van der Waals surface area contributed by atoms with Gasteiger partial charge >= 0.3 is 0 Å². The molecule has 0 spiro atoms. The Balaban J connectivity index is 1.67. The summed E-state index contributed by atoms with van der Waals surface area (Å²) in [6.07, 6.45) is 6.40. The highest BCUT2D eigenvalue weighted by Crippen LogP contribution is 2.30. The van der Waals surface area contributed by atoms with Crippen LogP contribution in [-0.2, 0) is 0 Å². The zero-order chi connectivity index (χ0) is 16.4. The van der Waals surface area contributed by atoms with Crippen LogP contribution in [0.15, 0.2) is 47.4 Å². The summed E-state index contributed by atoms with van der Waals surface area (Å²) >= 11 is 0. The summed E-state index contributed by atoms with van der Waals surface area (Å²) in [5, 5.41) is 13.7. The fourth-order valence-corrected chi connectivity index (χ4v) is 2.84. The molecule has 0 atom stereocenters. The predicted molar refractivity (Wildman–Crippen MR) is 88.2 cm³/mol. The molecular weight excluding hydrogens is 306 g/mol.